The lowest BCUT2D eigenvalue weighted by Crippen LogP contribution is -2.22. The SMILES string of the molecule is CCCCNc1nnc(S[C@@H](C)C(=O)Nc2cccc(Cl)c2C)s1. The molecule has 0 radical (unpaired) electrons. The normalized spacial score (nSPS) is 12.0. The van der Waals surface area contributed by atoms with Gasteiger partial charge in [0, 0.05) is 17.3 Å². The molecule has 0 saturated heterocycles. The molecule has 0 bridgehead atoms. The fourth-order valence-electron chi connectivity index (χ4n) is 1.88. The van der Waals surface area contributed by atoms with E-state index in [1.54, 1.807) is 6.07 Å². The molecule has 5 nitrogen and oxygen atoms in total. The summed E-state index contributed by atoms with van der Waals surface area (Å²) >= 11 is 8.95. The molecule has 2 aromatic rings. The van der Waals surface area contributed by atoms with Crippen molar-refractivity contribution < 1.29 is 4.79 Å². The van der Waals surface area contributed by atoms with E-state index in [0.717, 1.165) is 40.1 Å². The zero-order chi connectivity index (χ0) is 17.5. The number of nitrogens with zero attached hydrogens (tertiary/aromatic N) is 2. The number of hydrogen-bond acceptors (Lipinski definition) is 6. The van der Waals surface area contributed by atoms with Crippen molar-refractivity contribution in [2.45, 2.75) is 43.2 Å². The predicted octanol–water partition coefficient (Wildman–Crippen LogP) is 4.83. The second-order valence-electron chi connectivity index (χ2n) is 5.32. The highest BCUT2D eigenvalue weighted by atomic mass is 35.5. The standard InChI is InChI=1S/C16H21ClN4OS2/c1-4-5-9-18-15-20-21-16(24-15)23-11(3)14(22)19-13-8-6-7-12(17)10(13)2/h6-8,11H,4-5,9H2,1-3H3,(H,18,20)(H,19,22)/t11-/m0/s1. The Morgan fingerprint density at radius 3 is 2.96 bits per heavy atom. The van der Waals surface area contributed by atoms with Crippen molar-refractivity contribution >= 4 is 51.4 Å². The molecule has 24 heavy (non-hydrogen) atoms. The fraction of sp³-hybridized carbons (Fsp3) is 0.438. The molecule has 8 heteroatoms. The van der Waals surface area contributed by atoms with Gasteiger partial charge in [0.2, 0.25) is 11.0 Å². The van der Waals surface area contributed by atoms with Gasteiger partial charge in [0.05, 0.1) is 5.25 Å². The number of amides is 1. The number of thioether (sulfide) groups is 1. The Balaban J connectivity index is 1.90. The van der Waals surface area contributed by atoms with Gasteiger partial charge in [-0.05, 0) is 38.0 Å². The van der Waals surface area contributed by atoms with E-state index in [1.165, 1.54) is 23.1 Å². The van der Waals surface area contributed by atoms with Crippen LogP contribution in [0.15, 0.2) is 22.5 Å². The van der Waals surface area contributed by atoms with Crippen LogP contribution in [-0.4, -0.2) is 27.9 Å². The van der Waals surface area contributed by atoms with Gasteiger partial charge < -0.3 is 10.6 Å². The van der Waals surface area contributed by atoms with Crippen molar-refractivity contribution in [1.29, 1.82) is 0 Å². The van der Waals surface area contributed by atoms with Crippen LogP contribution < -0.4 is 10.6 Å². The molecule has 130 valence electrons. The third kappa shape index (κ3) is 5.36. The number of rotatable bonds is 8. The number of unbranched alkanes of at least 4 members (excludes halogenated alkanes) is 1. The Morgan fingerprint density at radius 1 is 1.42 bits per heavy atom. The summed E-state index contributed by atoms with van der Waals surface area (Å²) in [4.78, 5) is 12.4. The number of carbonyl (C=O) groups is 1. The summed E-state index contributed by atoms with van der Waals surface area (Å²) in [5, 5.41) is 15.5. The number of aromatic nitrogens is 2. The summed E-state index contributed by atoms with van der Waals surface area (Å²) < 4.78 is 0.777. The van der Waals surface area contributed by atoms with Crippen LogP contribution in [0, 0.1) is 6.92 Å². The third-order valence-corrected chi connectivity index (χ3v) is 5.86. The topological polar surface area (TPSA) is 66.9 Å². The molecule has 0 aliphatic rings. The second-order valence-corrected chi connectivity index (χ2v) is 8.29. The van der Waals surface area contributed by atoms with Crippen molar-refractivity contribution in [3.8, 4) is 0 Å². The second kappa shape index (κ2) is 9.25. The van der Waals surface area contributed by atoms with Crippen LogP contribution in [0.5, 0.6) is 0 Å². The largest absolute Gasteiger partial charge is 0.360 e. The highest BCUT2D eigenvalue weighted by molar-refractivity contribution is 8.02. The van der Waals surface area contributed by atoms with E-state index in [-0.39, 0.29) is 11.2 Å². The van der Waals surface area contributed by atoms with Crippen molar-refractivity contribution in [1.82, 2.24) is 10.2 Å². The summed E-state index contributed by atoms with van der Waals surface area (Å²) in [5.74, 6) is -0.0824. The van der Waals surface area contributed by atoms with Gasteiger partial charge in [-0.15, -0.1) is 10.2 Å². The molecule has 0 fully saturated rings. The van der Waals surface area contributed by atoms with Crippen LogP contribution >= 0.6 is 34.7 Å². The zero-order valence-corrected chi connectivity index (χ0v) is 16.3. The highest BCUT2D eigenvalue weighted by Crippen LogP contribution is 2.30. The Morgan fingerprint density at radius 2 is 2.21 bits per heavy atom. The summed E-state index contributed by atoms with van der Waals surface area (Å²) in [6.45, 7) is 6.77. The minimum atomic E-state index is -0.278. The quantitative estimate of drug-likeness (QED) is 0.504. The number of hydrogen-bond donors (Lipinski definition) is 2. The van der Waals surface area contributed by atoms with E-state index in [4.69, 9.17) is 11.6 Å². The van der Waals surface area contributed by atoms with Crippen LogP contribution in [0.25, 0.3) is 0 Å². The number of nitrogens with one attached hydrogen (secondary N) is 2. The number of halogens is 1. The van der Waals surface area contributed by atoms with E-state index in [1.807, 2.05) is 26.0 Å². The van der Waals surface area contributed by atoms with Gasteiger partial charge >= 0.3 is 0 Å². The smallest absolute Gasteiger partial charge is 0.237 e. The van der Waals surface area contributed by atoms with Crippen molar-refractivity contribution in [2.75, 3.05) is 17.2 Å². The van der Waals surface area contributed by atoms with Gasteiger partial charge in [-0.2, -0.15) is 0 Å². The molecule has 2 rings (SSSR count). The summed E-state index contributed by atoms with van der Waals surface area (Å²) in [6.07, 6.45) is 2.23. The van der Waals surface area contributed by atoms with E-state index in [2.05, 4.69) is 27.8 Å². The Kier molecular flexibility index (Phi) is 7.33. The predicted molar refractivity (Wildman–Crippen MR) is 103 cm³/mol. The number of benzene rings is 1. The van der Waals surface area contributed by atoms with E-state index < -0.39 is 0 Å². The maximum absolute atomic E-state index is 12.4. The molecule has 1 aromatic heterocycles. The molecule has 0 aliphatic heterocycles. The van der Waals surface area contributed by atoms with Crippen molar-refractivity contribution in [2.24, 2.45) is 0 Å². The van der Waals surface area contributed by atoms with Crippen LogP contribution in [0.4, 0.5) is 10.8 Å². The van der Waals surface area contributed by atoms with E-state index >= 15 is 0 Å². The van der Waals surface area contributed by atoms with E-state index in [9.17, 15) is 4.79 Å². The Labute approximate surface area is 155 Å². The van der Waals surface area contributed by atoms with Gasteiger partial charge in [-0.1, -0.05) is 54.1 Å². The van der Waals surface area contributed by atoms with E-state index in [0.29, 0.717) is 5.02 Å². The first-order valence-electron chi connectivity index (χ1n) is 7.81. The minimum Gasteiger partial charge on any atom is -0.360 e. The van der Waals surface area contributed by atoms with Gasteiger partial charge in [0.1, 0.15) is 0 Å². The molecular formula is C16H21ClN4OS2. The fourth-order valence-corrected chi connectivity index (χ4v) is 3.98. The lowest BCUT2D eigenvalue weighted by Gasteiger charge is -2.12. The minimum absolute atomic E-state index is 0.0824. The molecule has 1 heterocycles. The third-order valence-electron chi connectivity index (χ3n) is 3.39. The molecular weight excluding hydrogens is 364 g/mol. The van der Waals surface area contributed by atoms with Gasteiger partial charge in [0.25, 0.3) is 0 Å². The lowest BCUT2D eigenvalue weighted by atomic mass is 10.2. The molecule has 0 saturated carbocycles. The van der Waals surface area contributed by atoms with Crippen LogP contribution in [0.1, 0.15) is 32.3 Å². The Hall–Kier alpha value is -1.31. The van der Waals surface area contributed by atoms with Crippen LogP contribution in [0.2, 0.25) is 5.02 Å². The average Bonchev–Trinajstić information content (AvgIpc) is 2.99. The zero-order valence-electron chi connectivity index (χ0n) is 13.9. The molecule has 1 atom stereocenters. The Bertz CT molecular complexity index is 692. The number of carbonyl (C=O) groups excluding carboxylic acids is 1. The molecule has 1 aromatic carbocycles. The lowest BCUT2D eigenvalue weighted by molar-refractivity contribution is -0.115. The number of anilines is 2. The molecule has 0 spiro atoms. The highest BCUT2D eigenvalue weighted by Gasteiger charge is 2.18. The van der Waals surface area contributed by atoms with Crippen LogP contribution in [-0.2, 0) is 4.79 Å². The molecule has 1 amide bonds. The van der Waals surface area contributed by atoms with Gasteiger partial charge in [0.15, 0.2) is 4.34 Å². The summed E-state index contributed by atoms with van der Waals surface area (Å²) in [5.41, 5.74) is 1.60. The molecule has 0 aliphatic carbocycles. The monoisotopic (exact) mass is 384 g/mol. The maximum Gasteiger partial charge on any atom is 0.237 e. The molecule has 2 N–H and O–H groups in total. The maximum atomic E-state index is 12.4. The van der Waals surface area contributed by atoms with Crippen molar-refractivity contribution in [3.05, 3.63) is 28.8 Å². The first kappa shape index (κ1) is 19.0. The van der Waals surface area contributed by atoms with Crippen molar-refractivity contribution in [3.63, 3.8) is 0 Å². The summed E-state index contributed by atoms with van der Waals surface area (Å²) in [6, 6.07) is 5.47. The van der Waals surface area contributed by atoms with Crippen LogP contribution in [0.3, 0.4) is 0 Å². The first-order chi connectivity index (χ1) is 11.5. The summed E-state index contributed by atoms with van der Waals surface area (Å²) in [7, 11) is 0. The first-order valence-corrected chi connectivity index (χ1v) is 9.88. The average molecular weight is 385 g/mol. The van der Waals surface area contributed by atoms with Gasteiger partial charge in [-0.25, -0.2) is 0 Å². The molecule has 0 unspecified atom stereocenters. The van der Waals surface area contributed by atoms with Gasteiger partial charge in [-0.3, -0.25) is 4.79 Å².